The van der Waals surface area contributed by atoms with Crippen LogP contribution in [0, 0.1) is 0 Å². The molecule has 1 saturated carbocycles. The highest BCUT2D eigenvalue weighted by atomic mass is 31.0. The molecule has 1 amide bonds. The van der Waals surface area contributed by atoms with Crippen molar-refractivity contribution in [2.24, 2.45) is 0 Å². The fraction of sp³-hybridized carbons (Fsp3) is 0.583. The third-order valence-electron chi connectivity index (χ3n) is 3.16. The summed E-state index contributed by atoms with van der Waals surface area (Å²) < 4.78 is 13.6. The van der Waals surface area contributed by atoms with Crippen LogP contribution < -0.4 is 5.32 Å². The van der Waals surface area contributed by atoms with E-state index in [-0.39, 0.29) is 18.4 Å². The molecule has 1 N–H and O–H groups in total. The molecular formula is C12H17FN3OP. The Balaban J connectivity index is 1.79. The number of amides is 1. The molecule has 6 heteroatoms. The number of rotatable bonds is 3. The summed E-state index contributed by atoms with van der Waals surface area (Å²) >= 11 is 0. The molecule has 0 aliphatic heterocycles. The summed E-state index contributed by atoms with van der Waals surface area (Å²) in [5.41, 5.74) is 0.789. The molecule has 0 bridgehead atoms. The van der Waals surface area contributed by atoms with E-state index in [1.807, 2.05) is 0 Å². The molecule has 0 saturated heterocycles. The van der Waals surface area contributed by atoms with Gasteiger partial charge in [-0.3, -0.25) is 4.79 Å². The highest BCUT2D eigenvalue weighted by molar-refractivity contribution is 7.18. The van der Waals surface area contributed by atoms with Crippen molar-refractivity contribution in [3.05, 3.63) is 24.3 Å². The zero-order valence-corrected chi connectivity index (χ0v) is 11.3. The quantitative estimate of drug-likeness (QED) is 0.848. The Morgan fingerprint density at radius 1 is 1.44 bits per heavy atom. The topological polar surface area (TPSA) is 54.9 Å². The summed E-state index contributed by atoms with van der Waals surface area (Å²) in [5.74, 6) is -0.0510. The predicted octanol–water partition coefficient (Wildman–Crippen LogP) is 1.62. The zero-order chi connectivity index (χ0) is 13.0. The molecule has 98 valence electrons. The van der Waals surface area contributed by atoms with Gasteiger partial charge in [-0.05, 0) is 31.2 Å². The van der Waals surface area contributed by atoms with Crippen LogP contribution >= 0.6 is 9.24 Å². The fourth-order valence-corrected chi connectivity index (χ4v) is 2.46. The average molecular weight is 269 g/mol. The first kappa shape index (κ1) is 13.3. The van der Waals surface area contributed by atoms with Crippen LogP contribution in [0.5, 0.6) is 0 Å². The van der Waals surface area contributed by atoms with Crippen molar-refractivity contribution >= 4 is 15.1 Å². The third-order valence-corrected chi connectivity index (χ3v) is 3.74. The highest BCUT2D eigenvalue weighted by Gasteiger charge is 2.31. The van der Waals surface area contributed by atoms with E-state index in [0.29, 0.717) is 25.7 Å². The number of nitrogens with zero attached hydrogens (tertiary/aromatic N) is 2. The van der Waals surface area contributed by atoms with Gasteiger partial charge < -0.3 is 5.32 Å². The van der Waals surface area contributed by atoms with Gasteiger partial charge >= 0.3 is 0 Å². The number of carbonyl (C=O) groups excluding carboxylic acids is 1. The number of carbonyl (C=O) groups is 1. The van der Waals surface area contributed by atoms with E-state index in [0.717, 1.165) is 5.56 Å². The number of hydrogen-bond donors (Lipinski definition) is 1. The van der Waals surface area contributed by atoms with Crippen LogP contribution in [0.3, 0.4) is 0 Å². The summed E-state index contributed by atoms with van der Waals surface area (Å²) in [6.07, 6.45) is 7.31. The van der Waals surface area contributed by atoms with E-state index in [2.05, 4.69) is 24.5 Å². The van der Waals surface area contributed by atoms with Crippen LogP contribution in [0.1, 0.15) is 31.2 Å². The van der Waals surface area contributed by atoms with Crippen molar-refractivity contribution < 1.29 is 9.18 Å². The van der Waals surface area contributed by atoms with Gasteiger partial charge in [0.15, 0.2) is 0 Å². The van der Waals surface area contributed by atoms with Gasteiger partial charge in [0.1, 0.15) is 11.7 Å². The minimum absolute atomic E-state index is 0.0510. The van der Waals surface area contributed by atoms with E-state index >= 15 is 0 Å². The predicted molar refractivity (Wildman–Crippen MR) is 69.7 cm³/mol. The minimum atomic E-state index is -1.14. The third kappa shape index (κ3) is 3.98. The molecule has 1 aliphatic rings. The van der Waals surface area contributed by atoms with Crippen molar-refractivity contribution in [2.75, 3.05) is 0 Å². The molecule has 1 unspecified atom stereocenters. The number of nitrogens with one attached hydrogen (secondary N) is 1. The van der Waals surface area contributed by atoms with Crippen LogP contribution in [0.25, 0.3) is 0 Å². The molecular weight excluding hydrogens is 252 g/mol. The smallest absolute Gasteiger partial charge is 0.224 e. The van der Waals surface area contributed by atoms with Gasteiger partial charge in [0.25, 0.3) is 0 Å². The summed E-state index contributed by atoms with van der Waals surface area (Å²) in [5, 5.41) is 1.79. The van der Waals surface area contributed by atoms with Gasteiger partial charge in [0.05, 0.1) is 6.42 Å². The van der Waals surface area contributed by atoms with Gasteiger partial charge in [-0.15, -0.1) is 0 Å². The Bertz CT molecular complexity index is 403. The highest BCUT2D eigenvalue weighted by Crippen LogP contribution is 2.37. The van der Waals surface area contributed by atoms with Crippen molar-refractivity contribution in [1.82, 2.24) is 15.3 Å². The molecule has 0 aromatic carbocycles. The lowest BCUT2D eigenvalue weighted by atomic mass is 9.93. The van der Waals surface area contributed by atoms with E-state index in [4.69, 9.17) is 0 Å². The fourth-order valence-electron chi connectivity index (χ4n) is 2.13. The number of alkyl halides is 1. The van der Waals surface area contributed by atoms with Gasteiger partial charge in [-0.2, -0.15) is 0 Å². The van der Waals surface area contributed by atoms with Crippen LogP contribution in [0.15, 0.2) is 18.7 Å². The first-order chi connectivity index (χ1) is 8.55. The molecule has 1 fully saturated rings. The monoisotopic (exact) mass is 269 g/mol. The lowest BCUT2D eigenvalue weighted by Gasteiger charge is -2.31. The first-order valence-electron chi connectivity index (χ1n) is 6.06. The standard InChI is InChI=1S/C12H17FN3OP/c13-12(18)3-1-10(2-4-12)16-11(17)5-9-6-14-8-15-7-9/h6-8,10H,1-5,18H2,(H,16,17). The second-order valence-corrected chi connectivity index (χ2v) is 5.83. The lowest BCUT2D eigenvalue weighted by Crippen LogP contribution is -2.40. The summed E-state index contributed by atoms with van der Waals surface area (Å²) in [6.45, 7) is 0. The summed E-state index contributed by atoms with van der Waals surface area (Å²) in [4.78, 5) is 19.5. The van der Waals surface area contributed by atoms with Crippen molar-refractivity contribution in [1.29, 1.82) is 0 Å². The summed E-state index contributed by atoms with van der Waals surface area (Å²) in [6, 6.07) is 0.0894. The first-order valence-corrected chi connectivity index (χ1v) is 6.64. The van der Waals surface area contributed by atoms with Crippen LogP contribution in [0.4, 0.5) is 4.39 Å². The van der Waals surface area contributed by atoms with Crippen LogP contribution in [0.2, 0.25) is 0 Å². The molecule has 4 nitrogen and oxygen atoms in total. The average Bonchev–Trinajstić information content (AvgIpc) is 2.33. The summed E-state index contributed by atoms with van der Waals surface area (Å²) in [7, 11) is 2.26. The molecule has 1 aromatic heterocycles. The molecule has 0 radical (unpaired) electrons. The second-order valence-electron chi connectivity index (χ2n) is 4.80. The maximum atomic E-state index is 13.6. The van der Waals surface area contributed by atoms with Crippen LogP contribution in [-0.4, -0.2) is 27.3 Å². The van der Waals surface area contributed by atoms with E-state index in [1.54, 1.807) is 12.4 Å². The van der Waals surface area contributed by atoms with Crippen molar-refractivity contribution in [2.45, 2.75) is 43.6 Å². The molecule has 1 atom stereocenters. The molecule has 1 aliphatic carbocycles. The molecule has 0 spiro atoms. The van der Waals surface area contributed by atoms with Gasteiger partial charge in [-0.25, -0.2) is 14.4 Å². The Hall–Kier alpha value is -1.09. The van der Waals surface area contributed by atoms with Crippen molar-refractivity contribution in [3.63, 3.8) is 0 Å². The van der Waals surface area contributed by atoms with Gasteiger partial charge in [0.2, 0.25) is 5.91 Å². The van der Waals surface area contributed by atoms with Crippen molar-refractivity contribution in [3.8, 4) is 0 Å². The Morgan fingerprint density at radius 2 is 2.06 bits per heavy atom. The number of hydrogen-bond acceptors (Lipinski definition) is 3. The Labute approximate surface area is 108 Å². The zero-order valence-electron chi connectivity index (χ0n) is 10.1. The maximum absolute atomic E-state index is 13.6. The molecule has 2 rings (SSSR count). The second kappa shape index (κ2) is 5.70. The minimum Gasteiger partial charge on any atom is -0.353 e. The van der Waals surface area contributed by atoms with E-state index in [9.17, 15) is 9.18 Å². The lowest BCUT2D eigenvalue weighted by molar-refractivity contribution is -0.121. The molecule has 18 heavy (non-hydrogen) atoms. The van der Waals surface area contributed by atoms with Crippen LogP contribution in [-0.2, 0) is 11.2 Å². The van der Waals surface area contributed by atoms with Gasteiger partial charge in [-0.1, -0.05) is 9.24 Å². The number of halogens is 1. The van der Waals surface area contributed by atoms with Gasteiger partial charge in [0, 0.05) is 18.4 Å². The number of aromatic nitrogens is 2. The molecule has 1 aromatic rings. The van der Waals surface area contributed by atoms with E-state index < -0.39 is 5.41 Å². The Kier molecular flexibility index (Phi) is 4.23. The normalized spacial score (nSPS) is 27.8. The largest absolute Gasteiger partial charge is 0.353 e. The molecule has 1 heterocycles. The van der Waals surface area contributed by atoms with E-state index in [1.165, 1.54) is 6.33 Å². The maximum Gasteiger partial charge on any atom is 0.224 e. The SMILES string of the molecule is O=C(Cc1cncnc1)NC1CCC(F)(P)CC1. The Morgan fingerprint density at radius 3 is 2.67 bits per heavy atom.